The predicted molar refractivity (Wildman–Crippen MR) is 128 cm³/mol. The molecule has 4 aliphatic carbocycles. The highest BCUT2D eigenvalue weighted by molar-refractivity contribution is 5.24. The number of hydrogen-bond donors (Lipinski definition) is 1. The fourth-order valence-corrected chi connectivity index (χ4v) is 9.84. The lowest BCUT2D eigenvalue weighted by molar-refractivity contribution is -0.115. The lowest BCUT2D eigenvalue weighted by Gasteiger charge is -2.59. The summed E-state index contributed by atoms with van der Waals surface area (Å²) in [5.41, 5.74) is 0.833. The van der Waals surface area contributed by atoms with Gasteiger partial charge in [0.25, 0.3) is 0 Å². The van der Waals surface area contributed by atoms with Crippen LogP contribution in [0.25, 0.3) is 0 Å². The van der Waals surface area contributed by atoms with Crippen molar-refractivity contribution < 1.29 is 9.84 Å². The van der Waals surface area contributed by atoms with Gasteiger partial charge < -0.3 is 9.84 Å². The maximum Gasteiger partial charge on any atom is 0.103 e. The van der Waals surface area contributed by atoms with Crippen LogP contribution in [0.5, 0.6) is 0 Å². The number of allylic oxidation sites excluding steroid dienone is 2. The van der Waals surface area contributed by atoms with Gasteiger partial charge in [-0.05, 0) is 98.2 Å². The Hall–Kier alpha value is -0.340. The van der Waals surface area contributed by atoms with Gasteiger partial charge in [-0.2, -0.15) is 0 Å². The van der Waals surface area contributed by atoms with Gasteiger partial charge in [-0.15, -0.1) is 0 Å². The van der Waals surface area contributed by atoms with Crippen molar-refractivity contribution in [3.8, 4) is 0 Å². The molecular weight excluding hydrogens is 380 g/mol. The van der Waals surface area contributed by atoms with E-state index in [1.54, 1.807) is 0 Å². The monoisotopic (exact) mass is 428 g/mol. The van der Waals surface area contributed by atoms with E-state index >= 15 is 0 Å². The number of epoxide rings is 1. The summed E-state index contributed by atoms with van der Waals surface area (Å²) in [7, 11) is 0. The first-order valence-electron chi connectivity index (χ1n) is 13.7. The summed E-state index contributed by atoms with van der Waals surface area (Å²) in [5.74, 6) is 5.54. The molecule has 0 aromatic rings. The lowest BCUT2D eigenvalue weighted by atomic mass is 9.44. The molecule has 5 aliphatic rings. The summed E-state index contributed by atoms with van der Waals surface area (Å²) < 4.78 is 6.52. The number of rotatable bonds is 5. The first kappa shape index (κ1) is 22.5. The summed E-state index contributed by atoms with van der Waals surface area (Å²) >= 11 is 0. The van der Waals surface area contributed by atoms with Crippen LogP contribution < -0.4 is 0 Å². The Morgan fingerprint density at radius 3 is 2.48 bits per heavy atom. The average molecular weight is 429 g/mol. The molecule has 0 unspecified atom stereocenters. The fourth-order valence-electron chi connectivity index (χ4n) is 9.84. The van der Waals surface area contributed by atoms with Crippen LogP contribution in [0.4, 0.5) is 0 Å². The minimum absolute atomic E-state index is 0.0274. The first-order valence-corrected chi connectivity index (χ1v) is 13.7. The largest absolute Gasteiger partial charge is 0.393 e. The number of fused-ring (bicyclic) bond motifs is 4. The molecule has 1 aliphatic heterocycles. The molecule has 1 heterocycles. The van der Waals surface area contributed by atoms with Gasteiger partial charge in [-0.25, -0.2) is 0 Å². The zero-order chi connectivity index (χ0) is 22.2. The minimum Gasteiger partial charge on any atom is -0.393 e. The van der Waals surface area contributed by atoms with E-state index in [1.165, 1.54) is 44.9 Å². The highest BCUT2D eigenvalue weighted by Gasteiger charge is 2.76. The summed E-state index contributed by atoms with van der Waals surface area (Å²) in [6.45, 7) is 14.8. The van der Waals surface area contributed by atoms with Gasteiger partial charge in [-0.3, -0.25) is 0 Å². The van der Waals surface area contributed by atoms with Gasteiger partial charge in [-0.1, -0.05) is 53.7 Å². The molecule has 11 atom stereocenters. The van der Waals surface area contributed by atoms with Gasteiger partial charge in [0.2, 0.25) is 0 Å². The topological polar surface area (TPSA) is 32.8 Å². The Balaban J connectivity index is 1.35. The van der Waals surface area contributed by atoms with Crippen LogP contribution in [0.2, 0.25) is 0 Å². The van der Waals surface area contributed by atoms with Crippen molar-refractivity contribution in [2.24, 2.45) is 52.3 Å². The molecule has 0 aromatic carbocycles. The summed E-state index contributed by atoms with van der Waals surface area (Å²) in [5, 5.41) is 10.4. The zero-order valence-electron chi connectivity index (χ0n) is 21.1. The quantitative estimate of drug-likeness (QED) is 0.377. The van der Waals surface area contributed by atoms with Crippen molar-refractivity contribution in [1.29, 1.82) is 0 Å². The first-order chi connectivity index (χ1) is 14.7. The van der Waals surface area contributed by atoms with Crippen molar-refractivity contribution in [3.63, 3.8) is 0 Å². The average Bonchev–Trinajstić information content (AvgIpc) is 3.29. The lowest BCUT2D eigenvalue weighted by Crippen LogP contribution is -2.58. The van der Waals surface area contributed by atoms with Crippen LogP contribution >= 0.6 is 0 Å². The summed E-state index contributed by atoms with van der Waals surface area (Å²) in [4.78, 5) is 0. The Morgan fingerprint density at radius 2 is 1.77 bits per heavy atom. The molecule has 1 N–H and O–H groups in total. The maximum absolute atomic E-state index is 10.4. The molecule has 2 nitrogen and oxygen atoms in total. The number of aliphatic hydroxyl groups is 1. The van der Waals surface area contributed by atoms with Crippen molar-refractivity contribution in [3.05, 3.63) is 12.2 Å². The normalized spacial score (nSPS) is 52.9. The second-order valence-corrected chi connectivity index (χ2v) is 13.2. The third-order valence-electron chi connectivity index (χ3n) is 11.8. The molecular formula is C29H48O2. The van der Waals surface area contributed by atoms with E-state index in [2.05, 4.69) is 53.7 Å². The van der Waals surface area contributed by atoms with E-state index in [0.29, 0.717) is 22.9 Å². The molecule has 0 amide bonds. The van der Waals surface area contributed by atoms with E-state index in [1.807, 2.05) is 0 Å². The van der Waals surface area contributed by atoms with E-state index < -0.39 is 0 Å². The molecule has 2 heteroatoms. The molecule has 4 saturated carbocycles. The fraction of sp³-hybridized carbons (Fsp3) is 0.931. The van der Waals surface area contributed by atoms with Crippen LogP contribution in [-0.4, -0.2) is 22.9 Å². The van der Waals surface area contributed by atoms with Crippen molar-refractivity contribution in [2.75, 3.05) is 0 Å². The standard InChI is InChI=1S/C29H48O2/c1-7-20(18(2)3)9-8-19(4)23-10-11-24-22-16-26-29(31-26)17-21(30)12-15-28(29,6)25(22)13-14-27(23,24)5/h8-9,18-26,30H,7,10-17H2,1-6H3/t19-,20-,21+,22+,23-,24+,25+,26+,27-,28-,29+/m1/s1. The number of aliphatic hydroxyl groups excluding tert-OH is 1. The third kappa shape index (κ3) is 3.17. The SMILES string of the molecule is CC[C@H](C=C[C@@H](C)[C@H]1CC[C@H]2[C@@H]3C[C@@H]4O[C@@]45C[C@@H](O)CC[C@]5(C)[C@H]3CC[C@]12C)C(C)C. The number of ether oxygens (including phenoxy) is 1. The van der Waals surface area contributed by atoms with Crippen molar-refractivity contribution >= 4 is 0 Å². The van der Waals surface area contributed by atoms with Crippen LogP contribution in [0.3, 0.4) is 0 Å². The molecule has 0 radical (unpaired) electrons. The Bertz CT molecular complexity index is 714. The van der Waals surface area contributed by atoms with Crippen LogP contribution in [0.15, 0.2) is 12.2 Å². The smallest absolute Gasteiger partial charge is 0.103 e. The van der Waals surface area contributed by atoms with Crippen molar-refractivity contribution in [2.45, 2.75) is 117 Å². The minimum atomic E-state index is -0.134. The Morgan fingerprint density at radius 1 is 1.00 bits per heavy atom. The highest BCUT2D eigenvalue weighted by atomic mass is 16.6. The summed E-state index contributed by atoms with van der Waals surface area (Å²) in [6, 6.07) is 0. The molecule has 31 heavy (non-hydrogen) atoms. The Labute approximate surface area is 191 Å². The molecule has 5 rings (SSSR count). The molecule has 0 aromatic heterocycles. The highest BCUT2D eigenvalue weighted by Crippen LogP contribution is 2.74. The van der Waals surface area contributed by atoms with Gasteiger partial charge in [0.15, 0.2) is 0 Å². The van der Waals surface area contributed by atoms with Crippen LogP contribution in [-0.2, 0) is 4.74 Å². The van der Waals surface area contributed by atoms with Gasteiger partial charge in [0.1, 0.15) is 5.60 Å². The second-order valence-electron chi connectivity index (χ2n) is 13.2. The molecule has 176 valence electrons. The van der Waals surface area contributed by atoms with Gasteiger partial charge in [0, 0.05) is 11.8 Å². The number of hydrogen-bond acceptors (Lipinski definition) is 2. The third-order valence-corrected chi connectivity index (χ3v) is 11.8. The molecule has 1 spiro atoms. The predicted octanol–water partition coefficient (Wildman–Crippen LogP) is 7.01. The Kier molecular flexibility index (Phi) is 5.50. The van der Waals surface area contributed by atoms with Gasteiger partial charge in [0.05, 0.1) is 12.2 Å². The van der Waals surface area contributed by atoms with Crippen LogP contribution in [0, 0.1) is 52.3 Å². The van der Waals surface area contributed by atoms with E-state index in [-0.39, 0.29) is 11.7 Å². The van der Waals surface area contributed by atoms with Gasteiger partial charge >= 0.3 is 0 Å². The van der Waals surface area contributed by atoms with Crippen molar-refractivity contribution in [1.82, 2.24) is 0 Å². The van der Waals surface area contributed by atoms with E-state index in [4.69, 9.17) is 4.74 Å². The second kappa shape index (κ2) is 7.59. The van der Waals surface area contributed by atoms with Crippen LogP contribution in [0.1, 0.15) is 99.3 Å². The van der Waals surface area contributed by atoms with E-state index in [0.717, 1.165) is 48.3 Å². The molecule has 1 saturated heterocycles. The summed E-state index contributed by atoms with van der Waals surface area (Å²) in [6.07, 6.45) is 16.7. The maximum atomic E-state index is 10.4. The van der Waals surface area contributed by atoms with E-state index in [9.17, 15) is 5.11 Å². The molecule has 0 bridgehead atoms. The zero-order valence-corrected chi connectivity index (χ0v) is 21.1. The molecule has 5 fully saturated rings.